The highest BCUT2D eigenvalue weighted by atomic mass is 32.2. The summed E-state index contributed by atoms with van der Waals surface area (Å²) in [6.45, 7) is 3.30. The van der Waals surface area contributed by atoms with Crippen molar-refractivity contribution in [3.8, 4) is 0 Å². The Balaban J connectivity index is 1.77. The molecule has 1 heterocycles. The molecule has 1 N–H and O–H groups in total. The van der Waals surface area contributed by atoms with Crippen LogP contribution in [0.1, 0.15) is 28.9 Å². The van der Waals surface area contributed by atoms with Gasteiger partial charge in [-0.15, -0.1) is 0 Å². The highest BCUT2D eigenvalue weighted by Crippen LogP contribution is 2.19. The van der Waals surface area contributed by atoms with E-state index in [1.165, 1.54) is 16.4 Å². The number of ether oxygens (including phenoxy) is 1. The van der Waals surface area contributed by atoms with Crippen LogP contribution in [-0.2, 0) is 14.8 Å². The first kappa shape index (κ1) is 18.6. The third-order valence-electron chi connectivity index (χ3n) is 4.35. The molecule has 138 valence electrons. The zero-order chi connectivity index (χ0) is 18.6. The summed E-state index contributed by atoms with van der Waals surface area (Å²) in [5.41, 5.74) is 1.31. The van der Waals surface area contributed by atoms with E-state index in [9.17, 15) is 13.2 Å². The summed E-state index contributed by atoms with van der Waals surface area (Å²) in [5.74, 6) is -0.305. The predicted octanol–water partition coefficient (Wildman–Crippen LogP) is 2.20. The fourth-order valence-electron chi connectivity index (χ4n) is 2.84. The maximum atomic E-state index is 12.7. The number of amides is 1. The van der Waals surface area contributed by atoms with Crippen LogP contribution >= 0.6 is 0 Å². The van der Waals surface area contributed by atoms with Gasteiger partial charge in [0.25, 0.3) is 5.91 Å². The maximum absolute atomic E-state index is 12.7. The maximum Gasteiger partial charge on any atom is 0.251 e. The van der Waals surface area contributed by atoms with Gasteiger partial charge in [-0.05, 0) is 30.7 Å². The van der Waals surface area contributed by atoms with E-state index in [0.717, 1.165) is 5.56 Å². The van der Waals surface area contributed by atoms with Gasteiger partial charge in [0.1, 0.15) is 0 Å². The van der Waals surface area contributed by atoms with E-state index in [0.29, 0.717) is 31.9 Å². The quantitative estimate of drug-likeness (QED) is 0.871. The van der Waals surface area contributed by atoms with Gasteiger partial charge in [0, 0.05) is 18.7 Å². The first-order valence-corrected chi connectivity index (χ1v) is 9.96. The number of hydrogen-bond donors (Lipinski definition) is 1. The number of carbonyl (C=O) groups excluding carboxylic acids is 1. The molecule has 1 aliphatic rings. The second-order valence-electron chi connectivity index (χ2n) is 6.15. The van der Waals surface area contributed by atoms with Gasteiger partial charge in [-0.1, -0.05) is 36.4 Å². The highest BCUT2D eigenvalue weighted by Gasteiger charge is 2.27. The van der Waals surface area contributed by atoms with Crippen LogP contribution < -0.4 is 5.32 Å². The SMILES string of the molecule is CC(NC(=O)c1cccc(S(=O)(=O)N2CCOCC2)c1)c1ccccc1. The molecular weight excluding hydrogens is 352 g/mol. The van der Waals surface area contributed by atoms with Crippen LogP contribution in [0.25, 0.3) is 0 Å². The molecule has 1 amide bonds. The number of benzene rings is 2. The Morgan fingerprint density at radius 2 is 1.77 bits per heavy atom. The largest absolute Gasteiger partial charge is 0.379 e. The van der Waals surface area contributed by atoms with Crippen LogP contribution in [0, 0.1) is 0 Å². The van der Waals surface area contributed by atoms with Crippen molar-refractivity contribution in [3.63, 3.8) is 0 Å². The first-order valence-electron chi connectivity index (χ1n) is 8.52. The van der Waals surface area contributed by atoms with Crippen molar-refractivity contribution in [2.24, 2.45) is 0 Å². The van der Waals surface area contributed by atoms with Gasteiger partial charge in [-0.3, -0.25) is 4.79 Å². The van der Waals surface area contributed by atoms with Crippen molar-refractivity contribution in [2.75, 3.05) is 26.3 Å². The number of nitrogens with zero attached hydrogens (tertiary/aromatic N) is 1. The molecule has 0 bridgehead atoms. The standard InChI is InChI=1S/C19H22N2O4S/c1-15(16-6-3-2-4-7-16)20-19(22)17-8-5-9-18(14-17)26(23,24)21-10-12-25-13-11-21/h2-9,14-15H,10-13H2,1H3,(H,20,22). The lowest BCUT2D eigenvalue weighted by atomic mass is 10.1. The monoisotopic (exact) mass is 374 g/mol. The minimum absolute atomic E-state index is 0.124. The molecule has 1 fully saturated rings. The summed E-state index contributed by atoms with van der Waals surface area (Å²) >= 11 is 0. The van der Waals surface area contributed by atoms with Gasteiger partial charge >= 0.3 is 0 Å². The summed E-state index contributed by atoms with van der Waals surface area (Å²) < 4.78 is 32.1. The molecular formula is C19H22N2O4S. The fraction of sp³-hybridized carbons (Fsp3) is 0.316. The van der Waals surface area contributed by atoms with E-state index >= 15 is 0 Å². The summed E-state index contributed by atoms with van der Waals surface area (Å²) in [5, 5.41) is 2.90. The van der Waals surface area contributed by atoms with Gasteiger partial charge < -0.3 is 10.1 Å². The third kappa shape index (κ3) is 4.12. The van der Waals surface area contributed by atoms with Crippen molar-refractivity contribution in [1.29, 1.82) is 0 Å². The fourth-order valence-corrected chi connectivity index (χ4v) is 4.29. The Labute approximate surface area is 153 Å². The van der Waals surface area contributed by atoms with Crippen molar-refractivity contribution in [1.82, 2.24) is 9.62 Å². The van der Waals surface area contributed by atoms with Gasteiger partial charge in [-0.25, -0.2) is 8.42 Å². The lowest BCUT2D eigenvalue weighted by Gasteiger charge is -2.26. The Morgan fingerprint density at radius 3 is 2.46 bits per heavy atom. The molecule has 1 aliphatic heterocycles. The lowest BCUT2D eigenvalue weighted by Crippen LogP contribution is -2.40. The van der Waals surface area contributed by atoms with Crippen LogP contribution in [-0.4, -0.2) is 44.9 Å². The second-order valence-corrected chi connectivity index (χ2v) is 8.09. The number of sulfonamides is 1. The van der Waals surface area contributed by atoms with Gasteiger partial charge in [-0.2, -0.15) is 4.31 Å². The smallest absolute Gasteiger partial charge is 0.251 e. The molecule has 1 saturated heterocycles. The molecule has 0 aliphatic carbocycles. The minimum Gasteiger partial charge on any atom is -0.379 e. The minimum atomic E-state index is -3.63. The zero-order valence-corrected chi connectivity index (χ0v) is 15.4. The average Bonchev–Trinajstić information content (AvgIpc) is 2.69. The van der Waals surface area contributed by atoms with Gasteiger partial charge in [0.05, 0.1) is 24.2 Å². The molecule has 7 heteroatoms. The molecule has 6 nitrogen and oxygen atoms in total. The van der Waals surface area contributed by atoms with E-state index in [4.69, 9.17) is 4.74 Å². The molecule has 1 atom stereocenters. The molecule has 2 aromatic rings. The molecule has 26 heavy (non-hydrogen) atoms. The lowest BCUT2D eigenvalue weighted by molar-refractivity contribution is 0.0730. The molecule has 0 aromatic heterocycles. The van der Waals surface area contributed by atoms with Crippen molar-refractivity contribution in [3.05, 3.63) is 65.7 Å². The van der Waals surface area contributed by atoms with Crippen molar-refractivity contribution < 1.29 is 17.9 Å². The normalized spacial score (nSPS) is 16.8. The van der Waals surface area contributed by atoms with Gasteiger partial charge in [0.15, 0.2) is 0 Å². The van der Waals surface area contributed by atoms with Gasteiger partial charge in [0.2, 0.25) is 10.0 Å². The van der Waals surface area contributed by atoms with E-state index in [2.05, 4.69) is 5.32 Å². The number of rotatable bonds is 5. The third-order valence-corrected chi connectivity index (χ3v) is 6.25. The summed E-state index contributed by atoms with van der Waals surface area (Å²) in [6, 6.07) is 15.6. The number of hydrogen-bond acceptors (Lipinski definition) is 4. The van der Waals surface area contributed by atoms with Crippen LogP contribution in [0.15, 0.2) is 59.5 Å². The highest BCUT2D eigenvalue weighted by molar-refractivity contribution is 7.89. The van der Waals surface area contributed by atoms with E-state index in [1.807, 2.05) is 37.3 Å². The van der Waals surface area contributed by atoms with E-state index < -0.39 is 10.0 Å². The van der Waals surface area contributed by atoms with Crippen LogP contribution in [0.3, 0.4) is 0 Å². The Hall–Kier alpha value is -2.22. The molecule has 2 aromatic carbocycles. The summed E-state index contributed by atoms with van der Waals surface area (Å²) in [4.78, 5) is 12.7. The Kier molecular flexibility index (Phi) is 5.70. The van der Waals surface area contributed by atoms with E-state index in [1.54, 1.807) is 12.1 Å². The Morgan fingerprint density at radius 1 is 1.08 bits per heavy atom. The van der Waals surface area contributed by atoms with Crippen molar-refractivity contribution >= 4 is 15.9 Å². The van der Waals surface area contributed by atoms with Crippen LogP contribution in [0.2, 0.25) is 0 Å². The number of carbonyl (C=O) groups is 1. The molecule has 0 radical (unpaired) electrons. The Bertz CT molecular complexity index is 862. The van der Waals surface area contributed by atoms with E-state index in [-0.39, 0.29) is 16.8 Å². The number of nitrogens with one attached hydrogen (secondary N) is 1. The topological polar surface area (TPSA) is 75.7 Å². The zero-order valence-electron chi connectivity index (χ0n) is 14.6. The van der Waals surface area contributed by atoms with Crippen LogP contribution in [0.5, 0.6) is 0 Å². The average molecular weight is 374 g/mol. The van der Waals surface area contributed by atoms with Crippen LogP contribution in [0.4, 0.5) is 0 Å². The second kappa shape index (κ2) is 7.99. The predicted molar refractivity (Wildman–Crippen MR) is 98.3 cm³/mol. The molecule has 0 spiro atoms. The number of morpholine rings is 1. The van der Waals surface area contributed by atoms with Crippen molar-refractivity contribution in [2.45, 2.75) is 17.9 Å². The molecule has 3 rings (SSSR count). The summed E-state index contributed by atoms with van der Waals surface area (Å²) in [6.07, 6.45) is 0. The first-order chi connectivity index (χ1) is 12.5. The molecule has 0 saturated carbocycles. The molecule has 1 unspecified atom stereocenters. The summed E-state index contributed by atoms with van der Waals surface area (Å²) in [7, 11) is -3.63.